The molecule has 1 N–H and O–H groups in total. The van der Waals surface area contributed by atoms with E-state index in [1.54, 1.807) is 7.05 Å². The molecule has 0 spiro atoms. The highest BCUT2D eigenvalue weighted by molar-refractivity contribution is 5.90. The summed E-state index contributed by atoms with van der Waals surface area (Å²) in [6.07, 6.45) is 0.750. The maximum Gasteiger partial charge on any atom is 0.410 e. The standard InChI is InChI=1S/C22H28N2O3/c1-22(2,3)27-21(26)24(4)16-18-11-8-12-19(15-18)23-20(25)14-13-17-9-6-5-7-10-17/h5-12,15H,13-14,16H2,1-4H3,(H,23,25). The van der Waals surface area contributed by atoms with Gasteiger partial charge in [0, 0.05) is 25.7 Å². The third kappa shape index (κ3) is 7.52. The summed E-state index contributed by atoms with van der Waals surface area (Å²) >= 11 is 0. The van der Waals surface area contributed by atoms with Gasteiger partial charge in [0.25, 0.3) is 0 Å². The van der Waals surface area contributed by atoms with E-state index in [1.807, 2.05) is 75.4 Å². The number of aryl methyl sites for hydroxylation is 1. The van der Waals surface area contributed by atoms with Gasteiger partial charge in [-0.2, -0.15) is 0 Å². The van der Waals surface area contributed by atoms with Crippen LogP contribution in [0.3, 0.4) is 0 Å². The Morgan fingerprint density at radius 3 is 2.33 bits per heavy atom. The molecule has 0 bridgehead atoms. The second kappa shape index (κ2) is 9.21. The first kappa shape index (κ1) is 20.5. The number of ether oxygens (including phenoxy) is 1. The fourth-order valence-electron chi connectivity index (χ4n) is 2.55. The monoisotopic (exact) mass is 368 g/mol. The van der Waals surface area contributed by atoms with Gasteiger partial charge in [-0.3, -0.25) is 4.79 Å². The molecule has 0 aliphatic heterocycles. The third-order valence-corrected chi connectivity index (χ3v) is 3.82. The number of amides is 2. The van der Waals surface area contributed by atoms with Gasteiger partial charge in [-0.1, -0.05) is 42.5 Å². The van der Waals surface area contributed by atoms with Crippen LogP contribution in [0, 0.1) is 0 Å². The van der Waals surface area contributed by atoms with Gasteiger partial charge in [0.15, 0.2) is 0 Å². The minimum atomic E-state index is -0.528. The number of rotatable bonds is 6. The Morgan fingerprint density at radius 1 is 1.00 bits per heavy atom. The van der Waals surface area contributed by atoms with Gasteiger partial charge in [-0.05, 0) is 50.5 Å². The van der Waals surface area contributed by atoms with Crippen molar-refractivity contribution in [2.24, 2.45) is 0 Å². The lowest BCUT2D eigenvalue weighted by molar-refractivity contribution is -0.116. The molecule has 0 aliphatic carbocycles. The van der Waals surface area contributed by atoms with Crippen LogP contribution < -0.4 is 5.32 Å². The lowest BCUT2D eigenvalue weighted by atomic mass is 10.1. The van der Waals surface area contributed by atoms with Crippen molar-refractivity contribution in [3.63, 3.8) is 0 Å². The molecule has 2 aromatic rings. The summed E-state index contributed by atoms with van der Waals surface area (Å²) in [5.41, 5.74) is 2.26. The summed E-state index contributed by atoms with van der Waals surface area (Å²) in [7, 11) is 1.69. The second-order valence-corrected chi connectivity index (χ2v) is 7.57. The zero-order chi connectivity index (χ0) is 19.9. The number of anilines is 1. The predicted octanol–water partition coefficient (Wildman–Crippen LogP) is 4.62. The normalized spacial score (nSPS) is 11.0. The molecule has 5 nitrogen and oxygen atoms in total. The van der Waals surface area contributed by atoms with Gasteiger partial charge in [0.2, 0.25) is 5.91 Å². The van der Waals surface area contributed by atoms with Gasteiger partial charge < -0.3 is 15.0 Å². The van der Waals surface area contributed by atoms with Crippen LogP contribution in [0.1, 0.15) is 38.3 Å². The molecule has 0 fully saturated rings. The Morgan fingerprint density at radius 2 is 1.67 bits per heavy atom. The summed E-state index contributed by atoms with van der Waals surface area (Å²) < 4.78 is 5.36. The van der Waals surface area contributed by atoms with Crippen LogP contribution in [-0.2, 0) is 22.5 Å². The fourth-order valence-corrected chi connectivity index (χ4v) is 2.55. The Kier molecular flexibility index (Phi) is 6.99. The molecule has 0 aliphatic rings. The van der Waals surface area contributed by atoms with E-state index in [-0.39, 0.29) is 12.0 Å². The minimum Gasteiger partial charge on any atom is -0.444 e. The quantitative estimate of drug-likeness (QED) is 0.809. The van der Waals surface area contributed by atoms with Gasteiger partial charge >= 0.3 is 6.09 Å². The molecule has 27 heavy (non-hydrogen) atoms. The molecule has 0 heterocycles. The molecule has 144 valence electrons. The summed E-state index contributed by atoms with van der Waals surface area (Å²) in [4.78, 5) is 25.8. The number of benzene rings is 2. The Balaban J connectivity index is 1.88. The van der Waals surface area contributed by atoms with Crippen molar-refractivity contribution in [3.8, 4) is 0 Å². The highest BCUT2D eigenvalue weighted by Crippen LogP contribution is 2.15. The second-order valence-electron chi connectivity index (χ2n) is 7.57. The molecule has 0 radical (unpaired) electrons. The van der Waals surface area contributed by atoms with Crippen molar-refractivity contribution < 1.29 is 14.3 Å². The van der Waals surface area contributed by atoms with E-state index < -0.39 is 5.60 Å². The smallest absolute Gasteiger partial charge is 0.410 e. The van der Waals surface area contributed by atoms with Gasteiger partial charge in [-0.25, -0.2) is 4.79 Å². The average molecular weight is 368 g/mol. The number of hydrogen-bond donors (Lipinski definition) is 1. The van der Waals surface area contributed by atoms with E-state index in [2.05, 4.69) is 5.32 Å². The SMILES string of the molecule is CN(Cc1cccc(NC(=O)CCc2ccccc2)c1)C(=O)OC(C)(C)C. The number of nitrogens with zero attached hydrogens (tertiary/aromatic N) is 1. The Hall–Kier alpha value is -2.82. The van der Waals surface area contributed by atoms with Crippen molar-refractivity contribution in [2.75, 3.05) is 12.4 Å². The Bertz CT molecular complexity index is 767. The lowest BCUT2D eigenvalue weighted by Gasteiger charge is -2.24. The molecule has 2 amide bonds. The fraction of sp³-hybridized carbons (Fsp3) is 0.364. The molecule has 0 saturated heterocycles. The van der Waals surface area contributed by atoms with Crippen LogP contribution >= 0.6 is 0 Å². The topological polar surface area (TPSA) is 58.6 Å². The molecular weight excluding hydrogens is 340 g/mol. The number of carbonyl (C=O) groups excluding carboxylic acids is 2. The Labute approximate surface area is 161 Å². The number of carbonyl (C=O) groups is 2. The zero-order valence-corrected chi connectivity index (χ0v) is 16.5. The van der Waals surface area contributed by atoms with Crippen LogP contribution in [0.4, 0.5) is 10.5 Å². The van der Waals surface area contributed by atoms with E-state index in [1.165, 1.54) is 4.90 Å². The largest absolute Gasteiger partial charge is 0.444 e. The first-order valence-electron chi connectivity index (χ1n) is 9.10. The summed E-state index contributed by atoms with van der Waals surface area (Å²) in [6.45, 7) is 5.92. The first-order valence-corrected chi connectivity index (χ1v) is 9.10. The lowest BCUT2D eigenvalue weighted by Crippen LogP contribution is -2.33. The molecular formula is C22H28N2O3. The van der Waals surface area contributed by atoms with Crippen LogP contribution in [0.5, 0.6) is 0 Å². The van der Waals surface area contributed by atoms with Gasteiger partial charge in [0.1, 0.15) is 5.60 Å². The summed E-state index contributed by atoms with van der Waals surface area (Å²) in [5.74, 6) is -0.0310. The highest BCUT2D eigenvalue weighted by atomic mass is 16.6. The van der Waals surface area contributed by atoms with Crippen LogP contribution in [0.25, 0.3) is 0 Å². The molecule has 5 heteroatoms. The molecule has 0 unspecified atom stereocenters. The molecule has 2 rings (SSSR count). The van der Waals surface area contributed by atoms with Crippen LogP contribution in [-0.4, -0.2) is 29.5 Å². The van der Waals surface area contributed by atoms with Crippen molar-refractivity contribution >= 4 is 17.7 Å². The van der Waals surface area contributed by atoms with Crippen molar-refractivity contribution in [1.82, 2.24) is 4.90 Å². The highest BCUT2D eigenvalue weighted by Gasteiger charge is 2.19. The maximum absolute atomic E-state index is 12.2. The third-order valence-electron chi connectivity index (χ3n) is 3.82. The van der Waals surface area contributed by atoms with Crippen LogP contribution in [0.15, 0.2) is 54.6 Å². The van der Waals surface area contributed by atoms with Crippen molar-refractivity contribution in [2.45, 2.75) is 45.8 Å². The van der Waals surface area contributed by atoms with E-state index in [9.17, 15) is 9.59 Å². The van der Waals surface area contributed by atoms with E-state index in [4.69, 9.17) is 4.74 Å². The van der Waals surface area contributed by atoms with Gasteiger partial charge in [-0.15, -0.1) is 0 Å². The zero-order valence-electron chi connectivity index (χ0n) is 16.5. The predicted molar refractivity (Wildman–Crippen MR) is 108 cm³/mol. The van der Waals surface area contributed by atoms with Crippen molar-refractivity contribution in [1.29, 1.82) is 0 Å². The minimum absolute atomic E-state index is 0.0310. The molecule has 0 atom stereocenters. The molecule has 0 aromatic heterocycles. The van der Waals surface area contributed by atoms with E-state index in [0.717, 1.165) is 16.8 Å². The molecule has 0 saturated carbocycles. The maximum atomic E-state index is 12.2. The number of nitrogens with one attached hydrogen (secondary N) is 1. The van der Waals surface area contributed by atoms with Crippen molar-refractivity contribution in [3.05, 3.63) is 65.7 Å². The van der Waals surface area contributed by atoms with Crippen LogP contribution in [0.2, 0.25) is 0 Å². The van der Waals surface area contributed by atoms with E-state index in [0.29, 0.717) is 19.4 Å². The average Bonchev–Trinajstić information content (AvgIpc) is 2.60. The van der Waals surface area contributed by atoms with Gasteiger partial charge in [0.05, 0.1) is 0 Å². The summed E-state index contributed by atoms with van der Waals surface area (Å²) in [5, 5.41) is 2.92. The number of hydrogen-bond acceptors (Lipinski definition) is 3. The summed E-state index contributed by atoms with van der Waals surface area (Å²) in [6, 6.07) is 17.4. The first-order chi connectivity index (χ1) is 12.7. The molecule has 2 aromatic carbocycles. The van der Waals surface area contributed by atoms with E-state index >= 15 is 0 Å².